The van der Waals surface area contributed by atoms with E-state index in [9.17, 15) is 9.67 Å². The van der Waals surface area contributed by atoms with Crippen molar-refractivity contribution in [3.8, 4) is 0 Å². The van der Waals surface area contributed by atoms with Gasteiger partial charge in [-0.3, -0.25) is 4.57 Å². The van der Waals surface area contributed by atoms with Crippen molar-refractivity contribution in [2.45, 2.75) is 18.9 Å². The molecule has 1 unspecified atom stereocenters. The number of aliphatic hydroxyl groups is 1. The summed E-state index contributed by atoms with van der Waals surface area (Å²) >= 11 is 0. The smallest absolute Gasteiger partial charge is 0.332 e. The van der Waals surface area contributed by atoms with Crippen LogP contribution in [0.3, 0.4) is 0 Å². The molecular formula is C12H19O4P. The molecule has 1 atom stereocenters. The molecule has 1 rings (SSSR count). The van der Waals surface area contributed by atoms with E-state index in [1.807, 2.05) is 30.3 Å². The summed E-state index contributed by atoms with van der Waals surface area (Å²) in [5.74, 6) is 0. The van der Waals surface area contributed by atoms with Crippen molar-refractivity contribution in [3.63, 3.8) is 0 Å². The van der Waals surface area contributed by atoms with Crippen LogP contribution in [0.25, 0.3) is 0 Å². The van der Waals surface area contributed by atoms with Crippen molar-refractivity contribution in [1.82, 2.24) is 0 Å². The molecule has 0 heterocycles. The molecule has 0 aliphatic heterocycles. The highest BCUT2D eigenvalue weighted by atomic mass is 31.2. The van der Waals surface area contributed by atoms with Crippen LogP contribution in [0.4, 0.5) is 0 Å². The van der Waals surface area contributed by atoms with E-state index in [-0.39, 0.29) is 6.16 Å². The van der Waals surface area contributed by atoms with Crippen LogP contribution in [-0.2, 0) is 20.0 Å². The second-order valence-electron chi connectivity index (χ2n) is 3.84. The number of hydrogen-bond donors (Lipinski definition) is 1. The van der Waals surface area contributed by atoms with Crippen LogP contribution in [0.5, 0.6) is 0 Å². The van der Waals surface area contributed by atoms with Gasteiger partial charge in [0, 0.05) is 14.2 Å². The van der Waals surface area contributed by atoms with Crippen LogP contribution in [-0.4, -0.2) is 31.6 Å². The number of aliphatic hydroxyl groups excluding tert-OH is 1. The van der Waals surface area contributed by atoms with Crippen molar-refractivity contribution in [1.29, 1.82) is 0 Å². The molecule has 4 nitrogen and oxygen atoms in total. The standard InChI is InChI=1S/C12H19O4P/c1-15-17(14,16-2)10-12(13)9-8-11-6-4-3-5-7-11/h3-7,12-13H,8-10H2,1-2H3. The Labute approximate surface area is 102 Å². The minimum absolute atomic E-state index is 0.0346. The predicted octanol–water partition coefficient (Wildman–Crippen LogP) is 2.47. The molecule has 1 aromatic carbocycles. The van der Waals surface area contributed by atoms with E-state index < -0.39 is 13.7 Å². The maximum absolute atomic E-state index is 11.8. The summed E-state index contributed by atoms with van der Waals surface area (Å²) < 4.78 is 21.3. The Morgan fingerprint density at radius 3 is 2.35 bits per heavy atom. The normalized spacial score (nSPS) is 13.6. The summed E-state index contributed by atoms with van der Waals surface area (Å²) in [6.45, 7) is 0. The zero-order chi connectivity index (χ0) is 12.7. The molecule has 0 fully saturated rings. The van der Waals surface area contributed by atoms with E-state index in [0.717, 1.165) is 12.0 Å². The molecule has 0 aliphatic rings. The molecule has 96 valence electrons. The van der Waals surface area contributed by atoms with Gasteiger partial charge in [-0.05, 0) is 18.4 Å². The Morgan fingerprint density at radius 1 is 1.24 bits per heavy atom. The lowest BCUT2D eigenvalue weighted by atomic mass is 10.1. The number of hydrogen-bond acceptors (Lipinski definition) is 4. The minimum Gasteiger partial charge on any atom is -0.392 e. The maximum atomic E-state index is 11.8. The van der Waals surface area contributed by atoms with E-state index >= 15 is 0 Å². The summed E-state index contributed by atoms with van der Waals surface area (Å²) in [6.07, 6.45) is 0.643. The van der Waals surface area contributed by atoms with Gasteiger partial charge in [0.15, 0.2) is 0 Å². The predicted molar refractivity (Wildman–Crippen MR) is 67.3 cm³/mol. The first-order chi connectivity index (χ1) is 8.09. The maximum Gasteiger partial charge on any atom is 0.332 e. The summed E-state index contributed by atoms with van der Waals surface area (Å²) in [5.41, 5.74) is 1.15. The minimum atomic E-state index is -3.11. The number of aryl methyl sites for hydroxylation is 1. The van der Waals surface area contributed by atoms with Gasteiger partial charge >= 0.3 is 7.60 Å². The molecule has 5 heteroatoms. The van der Waals surface area contributed by atoms with Crippen LogP contribution in [0.15, 0.2) is 30.3 Å². The molecule has 1 N–H and O–H groups in total. The quantitative estimate of drug-likeness (QED) is 0.763. The Kier molecular flexibility index (Phi) is 5.86. The first kappa shape index (κ1) is 14.4. The molecular weight excluding hydrogens is 239 g/mol. The first-order valence-corrected chi connectivity index (χ1v) is 7.25. The summed E-state index contributed by atoms with van der Waals surface area (Å²) in [6, 6.07) is 9.86. The van der Waals surface area contributed by atoms with E-state index in [4.69, 9.17) is 9.05 Å². The highest BCUT2D eigenvalue weighted by Crippen LogP contribution is 2.47. The van der Waals surface area contributed by atoms with Crippen LogP contribution in [0.2, 0.25) is 0 Å². The van der Waals surface area contributed by atoms with E-state index in [1.165, 1.54) is 14.2 Å². The molecule has 17 heavy (non-hydrogen) atoms. The van der Waals surface area contributed by atoms with E-state index in [2.05, 4.69) is 0 Å². The Morgan fingerprint density at radius 2 is 1.82 bits per heavy atom. The van der Waals surface area contributed by atoms with Crippen LogP contribution in [0, 0.1) is 0 Å². The summed E-state index contributed by atoms with van der Waals surface area (Å²) in [4.78, 5) is 0. The van der Waals surface area contributed by atoms with Gasteiger partial charge in [0.2, 0.25) is 0 Å². The lowest BCUT2D eigenvalue weighted by Gasteiger charge is -2.17. The number of benzene rings is 1. The van der Waals surface area contributed by atoms with Crippen molar-refractivity contribution in [2.24, 2.45) is 0 Å². The van der Waals surface area contributed by atoms with Crippen LogP contribution < -0.4 is 0 Å². The van der Waals surface area contributed by atoms with Gasteiger partial charge in [0.05, 0.1) is 12.3 Å². The lowest BCUT2D eigenvalue weighted by Crippen LogP contribution is -2.15. The molecule has 0 saturated heterocycles. The Balaban J connectivity index is 2.40. The molecule has 0 spiro atoms. The van der Waals surface area contributed by atoms with Gasteiger partial charge in [0.25, 0.3) is 0 Å². The summed E-state index contributed by atoms with van der Waals surface area (Å²) in [7, 11) is -0.453. The monoisotopic (exact) mass is 258 g/mol. The highest BCUT2D eigenvalue weighted by molar-refractivity contribution is 7.53. The van der Waals surface area contributed by atoms with Gasteiger partial charge in [-0.25, -0.2) is 0 Å². The van der Waals surface area contributed by atoms with Crippen LogP contribution in [0.1, 0.15) is 12.0 Å². The zero-order valence-corrected chi connectivity index (χ0v) is 11.1. The average Bonchev–Trinajstić information content (AvgIpc) is 2.37. The average molecular weight is 258 g/mol. The topological polar surface area (TPSA) is 55.8 Å². The van der Waals surface area contributed by atoms with Crippen molar-refractivity contribution in [3.05, 3.63) is 35.9 Å². The molecule has 0 aliphatic carbocycles. The zero-order valence-electron chi connectivity index (χ0n) is 10.2. The molecule has 1 aromatic rings. The summed E-state index contributed by atoms with van der Waals surface area (Å²) in [5, 5.41) is 9.78. The second-order valence-corrected chi connectivity index (χ2v) is 6.15. The van der Waals surface area contributed by atoms with Gasteiger partial charge in [-0.15, -0.1) is 0 Å². The van der Waals surface area contributed by atoms with Crippen molar-refractivity contribution < 1.29 is 18.7 Å². The molecule has 0 saturated carbocycles. The Bertz CT molecular complexity index is 358. The number of rotatable bonds is 7. The Hall–Kier alpha value is -0.670. The lowest BCUT2D eigenvalue weighted by molar-refractivity contribution is 0.172. The fourth-order valence-corrected chi connectivity index (χ4v) is 2.70. The third-order valence-corrected chi connectivity index (χ3v) is 4.58. The fourth-order valence-electron chi connectivity index (χ4n) is 1.55. The van der Waals surface area contributed by atoms with Gasteiger partial charge < -0.3 is 14.2 Å². The van der Waals surface area contributed by atoms with E-state index in [1.54, 1.807) is 0 Å². The molecule has 0 radical (unpaired) electrons. The molecule has 0 bridgehead atoms. The van der Waals surface area contributed by atoms with Gasteiger partial charge in [-0.2, -0.15) is 0 Å². The largest absolute Gasteiger partial charge is 0.392 e. The first-order valence-electron chi connectivity index (χ1n) is 5.52. The fraction of sp³-hybridized carbons (Fsp3) is 0.500. The molecule has 0 amide bonds. The van der Waals surface area contributed by atoms with Crippen molar-refractivity contribution in [2.75, 3.05) is 20.4 Å². The third kappa shape index (κ3) is 5.00. The molecule has 0 aromatic heterocycles. The van der Waals surface area contributed by atoms with Crippen LogP contribution >= 0.6 is 7.60 Å². The van der Waals surface area contributed by atoms with Gasteiger partial charge in [-0.1, -0.05) is 30.3 Å². The van der Waals surface area contributed by atoms with Gasteiger partial charge in [0.1, 0.15) is 0 Å². The second kappa shape index (κ2) is 6.92. The van der Waals surface area contributed by atoms with Crippen molar-refractivity contribution >= 4 is 7.60 Å². The third-order valence-electron chi connectivity index (χ3n) is 2.60. The SMILES string of the molecule is COP(=O)(CC(O)CCc1ccccc1)OC. The van der Waals surface area contributed by atoms with E-state index in [0.29, 0.717) is 6.42 Å². The highest BCUT2D eigenvalue weighted by Gasteiger charge is 2.25.